The summed E-state index contributed by atoms with van der Waals surface area (Å²) in [7, 11) is 0. The molecule has 3 nitrogen and oxygen atoms in total. The van der Waals surface area contributed by atoms with E-state index in [9.17, 15) is 0 Å². The molecule has 0 amide bonds. The number of halogens is 1. The van der Waals surface area contributed by atoms with Crippen molar-refractivity contribution in [1.29, 1.82) is 0 Å². The lowest BCUT2D eigenvalue weighted by Gasteiger charge is -2.08. The zero-order valence-corrected chi connectivity index (χ0v) is 11.0. The standard InChI is InChI=1S/C13H19ClN2O/c1-2-7-15-13-6-5-11(14)12(16-13)9-17-8-10-3-4-10/h5-6,10H,2-4,7-9H2,1H3,(H,15,16). The molecule has 0 radical (unpaired) electrons. The Labute approximate surface area is 108 Å². The molecule has 0 aliphatic heterocycles. The highest BCUT2D eigenvalue weighted by Crippen LogP contribution is 2.29. The van der Waals surface area contributed by atoms with Crippen LogP contribution in [0.15, 0.2) is 12.1 Å². The fourth-order valence-corrected chi connectivity index (χ4v) is 1.70. The molecule has 2 rings (SSSR count). The molecule has 0 unspecified atom stereocenters. The number of hydrogen-bond donors (Lipinski definition) is 1. The Balaban J connectivity index is 1.88. The Morgan fingerprint density at radius 1 is 1.47 bits per heavy atom. The van der Waals surface area contributed by atoms with Gasteiger partial charge in [0, 0.05) is 13.2 Å². The summed E-state index contributed by atoms with van der Waals surface area (Å²) < 4.78 is 5.61. The van der Waals surface area contributed by atoms with E-state index in [1.54, 1.807) is 0 Å². The van der Waals surface area contributed by atoms with Gasteiger partial charge in [-0.15, -0.1) is 0 Å². The Morgan fingerprint density at radius 2 is 2.29 bits per heavy atom. The van der Waals surface area contributed by atoms with Gasteiger partial charge in [0.05, 0.1) is 17.3 Å². The smallest absolute Gasteiger partial charge is 0.126 e. The molecule has 1 fully saturated rings. The highest BCUT2D eigenvalue weighted by Gasteiger charge is 2.21. The van der Waals surface area contributed by atoms with Crippen molar-refractivity contribution >= 4 is 17.4 Å². The Hall–Kier alpha value is -0.800. The third kappa shape index (κ3) is 4.17. The van der Waals surface area contributed by atoms with Crippen molar-refractivity contribution in [2.45, 2.75) is 32.8 Å². The number of pyridine rings is 1. The third-order valence-electron chi connectivity index (χ3n) is 2.76. The molecule has 1 saturated carbocycles. The van der Waals surface area contributed by atoms with E-state index in [1.807, 2.05) is 12.1 Å². The van der Waals surface area contributed by atoms with E-state index < -0.39 is 0 Å². The number of nitrogens with one attached hydrogen (secondary N) is 1. The van der Waals surface area contributed by atoms with Crippen molar-refractivity contribution in [1.82, 2.24) is 4.98 Å². The summed E-state index contributed by atoms with van der Waals surface area (Å²) in [6.07, 6.45) is 3.69. The van der Waals surface area contributed by atoms with Crippen molar-refractivity contribution in [2.24, 2.45) is 5.92 Å². The number of rotatable bonds is 7. The number of ether oxygens (including phenoxy) is 1. The van der Waals surface area contributed by atoms with Crippen molar-refractivity contribution in [2.75, 3.05) is 18.5 Å². The highest BCUT2D eigenvalue weighted by atomic mass is 35.5. The minimum atomic E-state index is 0.511. The minimum absolute atomic E-state index is 0.511. The van der Waals surface area contributed by atoms with Crippen molar-refractivity contribution in [3.8, 4) is 0 Å². The second kappa shape index (κ2) is 6.22. The SMILES string of the molecule is CCCNc1ccc(Cl)c(COCC2CC2)n1. The van der Waals surface area contributed by atoms with Crippen LogP contribution < -0.4 is 5.32 Å². The maximum absolute atomic E-state index is 6.09. The molecule has 0 spiro atoms. The van der Waals surface area contributed by atoms with E-state index in [0.717, 1.165) is 37.0 Å². The molecule has 4 heteroatoms. The van der Waals surface area contributed by atoms with E-state index >= 15 is 0 Å². The molecular formula is C13H19ClN2O. The van der Waals surface area contributed by atoms with E-state index in [2.05, 4.69) is 17.2 Å². The van der Waals surface area contributed by atoms with Gasteiger partial charge in [0.1, 0.15) is 5.82 Å². The van der Waals surface area contributed by atoms with Gasteiger partial charge in [-0.1, -0.05) is 18.5 Å². The van der Waals surface area contributed by atoms with Gasteiger partial charge in [-0.25, -0.2) is 4.98 Å². The van der Waals surface area contributed by atoms with Crippen LogP contribution in [-0.4, -0.2) is 18.1 Å². The maximum atomic E-state index is 6.09. The molecule has 0 aromatic carbocycles. The lowest BCUT2D eigenvalue weighted by molar-refractivity contribution is 0.109. The first kappa shape index (κ1) is 12.7. The normalized spacial score (nSPS) is 14.9. The zero-order valence-electron chi connectivity index (χ0n) is 10.2. The van der Waals surface area contributed by atoms with Crippen LogP contribution in [0.5, 0.6) is 0 Å². The van der Waals surface area contributed by atoms with Crippen LogP contribution in [0.25, 0.3) is 0 Å². The number of nitrogens with zero attached hydrogens (tertiary/aromatic N) is 1. The Morgan fingerprint density at radius 3 is 3.00 bits per heavy atom. The molecule has 17 heavy (non-hydrogen) atoms. The van der Waals surface area contributed by atoms with Crippen LogP contribution >= 0.6 is 11.6 Å². The van der Waals surface area contributed by atoms with Gasteiger partial charge in [-0.3, -0.25) is 0 Å². The van der Waals surface area contributed by atoms with Crippen LogP contribution in [0.2, 0.25) is 5.02 Å². The van der Waals surface area contributed by atoms with E-state index in [1.165, 1.54) is 12.8 Å². The van der Waals surface area contributed by atoms with Crippen molar-refractivity contribution < 1.29 is 4.74 Å². The fraction of sp³-hybridized carbons (Fsp3) is 0.615. The number of anilines is 1. The lowest BCUT2D eigenvalue weighted by atomic mass is 10.3. The topological polar surface area (TPSA) is 34.1 Å². The first-order valence-electron chi connectivity index (χ1n) is 6.26. The number of hydrogen-bond acceptors (Lipinski definition) is 3. The number of aromatic nitrogens is 1. The average molecular weight is 255 g/mol. The predicted molar refractivity (Wildman–Crippen MR) is 70.4 cm³/mol. The van der Waals surface area contributed by atoms with Crippen molar-refractivity contribution in [3.05, 3.63) is 22.8 Å². The lowest BCUT2D eigenvalue weighted by Crippen LogP contribution is -2.05. The molecule has 1 heterocycles. The molecule has 1 N–H and O–H groups in total. The maximum Gasteiger partial charge on any atom is 0.126 e. The zero-order chi connectivity index (χ0) is 12.1. The highest BCUT2D eigenvalue weighted by molar-refractivity contribution is 6.31. The molecule has 1 aromatic heterocycles. The van der Waals surface area contributed by atoms with E-state index in [0.29, 0.717) is 11.6 Å². The Kier molecular flexibility index (Phi) is 4.63. The summed E-state index contributed by atoms with van der Waals surface area (Å²) in [5.74, 6) is 1.65. The average Bonchev–Trinajstić information content (AvgIpc) is 3.14. The summed E-state index contributed by atoms with van der Waals surface area (Å²) in [4.78, 5) is 4.46. The summed E-state index contributed by atoms with van der Waals surface area (Å²) in [5, 5.41) is 3.93. The second-order valence-electron chi connectivity index (χ2n) is 4.51. The van der Waals surface area contributed by atoms with Gasteiger partial charge < -0.3 is 10.1 Å². The molecule has 0 bridgehead atoms. The molecular weight excluding hydrogens is 236 g/mol. The molecule has 94 valence electrons. The first-order chi connectivity index (χ1) is 8.29. The van der Waals surface area contributed by atoms with Gasteiger partial charge in [0.25, 0.3) is 0 Å². The second-order valence-corrected chi connectivity index (χ2v) is 4.92. The van der Waals surface area contributed by atoms with Crippen molar-refractivity contribution in [3.63, 3.8) is 0 Å². The molecule has 1 aromatic rings. The Bertz CT molecular complexity index is 366. The van der Waals surface area contributed by atoms with Crippen LogP contribution in [-0.2, 0) is 11.3 Å². The molecule has 0 saturated heterocycles. The van der Waals surface area contributed by atoms with Crippen LogP contribution in [0.1, 0.15) is 31.9 Å². The van der Waals surface area contributed by atoms with Gasteiger partial charge in [0.15, 0.2) is 0 Å². The van der Waals surface area contributed by atoms with Crippen LogP contribution in [0.3, 0.4) is 0 Å². The van der Waals surface area contributed by atoms with Gasteiger partial charge in [-0.2, -0.15) is 0 Å². The van der Waals surface area contributed by atoms with Crippen LogP contribution in [0, 0.1) is 5.92 Å². The van der Waals surface area contributed by atoms with Gasteiger partial charge in [-0.05, 0) is 37.3 Å². The minimum Gasteiger partial charge on any atom is -0.375 e. The monoisotopic (exact) mass is 254 g/mol. The first-order valence-corrected chi connectivity index (χ1v) is 6.64. The molecule has 1 aliphatic rings. The van der Waals surface area contributed by atoms with E-state index in [4.69, 9.17) is 16.3 Å². The predicted octanol–water partition coefficient (Wildman–Crippen LogP) is 3.48. The molecule has 1 aliphatic carbocycles. The molecule has 0 atom stereocenters. The van der Waals surface area contributed by atoms with Crippen LogP contribution in [0.4, 0.5) is 5.82 Å². The fourth-order valence-electron chi connectivity index (χ4n) is 1.54. The quantitative estimate of drug-likeness (QED) is 0.809. The largest absolute Gasteiger partial charge is 0.375 e. The van der Waals surface area contributed by atoms with E-state index in [-0.39, 0.29) is 0 Å². The summed E-state index contributed by atoms with van der Waals surface area (Å²) in [6.45, 7) is 4.40. The summed E-state index contributed by atoms with van der Waals surface area (Å²) >= 11 is 6.09. The van der Waals surface area contributed by atoms with Gasteiger partial charge in [0.2, 0.25) is 0 Å². The summed E-state index contributed by atoms with van der Waals surface area (Å²) in [6, 6.07) is 3.78. The summed E-state index contributed by atoms with van der Waals surface area (Å²) in [5.41, 5.74) is 0.827. The van der Waals surface area contributed by atoms with Gasteiger partial charge >= 0.3 is 0 Å². The third-order valence-corrected chi connectivity index (χ3v) is 3.11.